The number of imidazole rings is 1. The summed E-state index contributed by atoms with van der Waals surface area (Å²) in [5.74, 6) is 2.08. The van der Waals surface area contributed by atoms with Crippen LogP contribution in [0.3, 0.4) is 0 Å². The van der Waals surface area contributed by atoms with Crippen molar-refractivity contribution in [3.63, 3.8) is 0 Å². The second kappa shape index (κ2) is 5.48. The van der Waals surface area contributed by atoms with E-state index in [9.17, 15) is 0 Å². The van der Waals surface area contributed by atoms with Gasteiger partial charge in [0, 0.05) is 38.4 Å². The summed E-state index contributed by atoms with van der Waals surface area (Å²) < 4.78 is 2.10. The van der Waals surface area contributed by atoms with E-state index in [1.54, 1.807) is 0 Å². The van der Waals surface area contributed by atoms with Gasteiger partial charge in [-0.3, -0.25) is 0 Å². The Kier molecular flexibility index (Phi) is 3.99. The van der Waals surface area contributed by atoms with Crippen molar-refractivity contribution in [1.82, 2.24) is 14.9 Å². The molecular weight excluding hydrogens is 198 g/mol. The molecule has 1 aromatic rings. The van der Waals surface area contributed by atoms with Crippen LogP contribution in [0.5, 0.6) is 0 Å². The van der Waals surface area contributed by atoms with Gasteiger partial charge in [-0.15, -0.1) is 0 Å². The Morgan fingerprint density at radius 1 is 1.50 bits per heavy atom. The first kappa shape index (κ1) is 11.6. The summed E-state index contributed by atoms with van der Waals surface area (Å²) in [7, 11) is 2.06. The molecule has 1 saturated carbocycles. The van der Waals surface area contributed by atoms with E-state index >= 15 is 0 Å². The molecule has 1 heterocycles. The summed E-state index contributed by atoms with van der Waals surface area (Å²) in [6, 6.07) is 0.669. The van der Waals surface area contributed by atoms with Crippen LogP contribution in [-0.4, -0.2) is 22.1 Å². The van der Waals surface area contributed by atoms with Gasteiger partial charge < -0.3 is 9.88 Å². The molecule has 0 amide bonds. The van der Waals surface area contributed by atoms with Crippen molar-refractivity contribution in [2.75, 3.05) is 6.54 Å². The summed E-state index contributed by atoms with van der Waals surface area (Å²) in [6.07, 6.45) is 10.6. The number of hydrogen-bond donors (Lipinski definition) is 1. The van der Waals surface area contributed by atoms with Crippen LogP contribution in [-0.2, 0) is 13.5 Å². The van der Waals surface area contributed by atoms with Crippen LogP contribution in [0, 0.1) is 5.92 Å². The van der Waals surface area contributed by atoms with E-state index in [0.29, 0.717) is 6.04 Å². The minimum absolute atomic E-state index is 0.669. The second-order valence-corrected chi connectivity index (χ2v) is 4.99. The molecule has 1 N–H and O–H groups in total. The van der Waals surface area contributed by atoms with Gasteiger partial charge in [0.2, 0.25) is 0 Å². The molecule has 0 unspecified atom stereocenters. The predicted molar refractivity (Wildman–Crippen MR) is 66.3 cm³/mol. The third-order valence-electron chi connectivity index (χ3n) is 3.84. The first-order valence-electron chi connectivity index (χ1n) is 6.47. The van der Waals surface area contributed by atoms with Crippen molar-refractivity contribution in [2.45, 2.75) is 45.1 Å². The Morgan fingerprint density at radius 3 is 2.88 bits per heavy atom. The lowest BCUT2D eigenvalue weighted by Gasteiger charge is -2.20. The van der Waals surface area contributed by atoms with Crippen molar-refractivity contribution in [3.8, 4) is 0 Å². The van der Waals surface area contributed by atoms with Crippen molar-refractivity contribution < 1.29 is 0 Å². The Labute approximate surface area is 98.3 Å². The summed E-state index contributed by atoms with van der Waals surface area (Å²) in [5, 5.41) is 3.64. The molecule has 2 rings (SSSR count). The largest absolute Gasteiger partial charge is 0.338 e. The standard InChI is InChI=1S/C13H23N3/c1-11(12-5-3-4-6-12)14-8-7-13-15-9-10-16(13)2/h9-12,14H,3-8H2,1-2H3/t11-/m0/s1. The van der Waals surface area contributed by atoms with Crippen molar-refractivity contribution in [1.29, 1.82) is 0 Å². The molecule has 0 spiro atoms. The minimum Gasteiger partial charge on any atom is -0.338 e. The Hall–Kier alpha value is -0.830. The molecular formula is C13H23N3. The van der Waals surface area contributed by atoms with E-state index in [0.717, 1.165) is 18.9 Å². The highest BCUT2D eigenvalue weighted by Crippen LogP contribution is 2.27. The molecule has 3 heteroatoms. The van der Waals surface area contributed by atoms with E-state index in [1.165, 1.54) is 31.5 Å². The van der Waals surface area contributed by atoms with Crippen LogP contribution in [0.2, 0.25) is 0 Å². The first-order chi connectivity index (χ1) is 7.77. The quantitative estimate of drug-likeness (QED) is 0.825. The van der Waals surface area contributed by atoms with Gasteiger partial charge in [0.1, 0.15) is 5.82 Å². The SMILES string of the molecule is C[C@H](NCCc1nccn1C)C1CCCC1. The minimum atomic E-state index is 0.669. The van der Waals surface area contributed by atoms with E-state index in [1.807, 2.05) is 12.4 Å². The van der Waals surface area contributed by atoms with Crippen LogP contribution in [0.1, 0.15) is 38.4 Å². The molecule has 90 valence electrons. The van der Waals surface area contributed by atoms with Crippen LogP contribution in [0.25, 0.3) is 0 Å². The molecule has 1 atom stereocenters. The summed E-state index contributed by atoms with van der Waals surface area (Å²) in [5.41, 5.74) is 0. The molecule has 0 aliphatic heterocycles. The number of nitrogens with one attached hydrogen (secondary N) is 1. The van der Waals surface area contributed by atoms with Crippen LogP contribution >= 0.6 is 0 Å². The average Bonchev–Trinajstić information content (AvgIpc) is 2.90. The molecule has 0 aromatic carbocycles. The fourth-order valence-corrected chi connectivity index (χ4v) is 2.67. The molecule has 0 radical (unpaired) electrons. The van der Waals surface area contributed by atoms with Gasteiger partial charge >= 0.3 is 0 Å². The van der Waals surface area contributed by atoms with Crippen molar-refractivity contribution >= 4 is 0 Å². The molecule has 1 aliphatic carbocycles. The van der Waals surface area contributed by atoms with E-state index in [4.69, 9.17) is 0 Å². The molecule has 0 saturated heterocycles. The fraction of sp³-hybridized carbons (Fsp3) is 0.769. The van der Waals surface area contributed by atoms with Gasteiger partial charge in [-0.25, -0.2) is 4.98 Å². The highest BCUT2D eigenvalue weighted by molar-refractivity contribution is 4.92. The third kappa shape index (κ3) is 2.85. The van der Waals surface area contributed by atoms with Gasteiger partial charge in [-0.05, 0) is 25.7 Å². The number of hydrogen-bond acceptors (Lipinski definition) is 2. The maximum Gasteiger partial charge on any atom is 0.109 e. The first-order valence-corrected chi connectivity index (χ1v) is 6.47. The Bertz CT molecular complexity index is 313. The maximum absolute atomic E-state index is 4.33. The molecule has 1 aliphatic rings. The molecule has 16 heavy (non-hydrogen) atoms. The van der Waals surface area contributed by atoms with Crippen molar-refractivity contribution in [2.24, 2.45) is 13.0 Å². The highest BCUT2D eigenvalue weighted by Gasteiger charge is 2.20. The van der Waals surface area contributed by atoms with Crippen LogP contribution in [0.4, 0.5) is 0 Å². The van der Waals surface area contributed by atoms with E-state index in [2.05, 4.69) is 28.8 Å². The zero-order chi connectivity index (χ0) is 11.4. The monoisotopic (exact) mass is 221 g/mol. The fourth-order valence-electron chi connectivity index (χ4n) is 2.67. The normalized spacial score (nSPS) is 19.1. The number of rotatable bonds is 5. The predicted octanol–water partition coefficient (Wildman–Crippen LogP) is 2.13. The van der Waals surface area contributed by atoms with E-state index < -0.39 is 0 Å². The van der Waals surface area contributed by atoms with E-state index in [-0.39, 0.29) is 0 Å². The van der Waals surface area contributed by atoms with Gasteiger partial charge in [-0.1, -0.05) is 12.8 Å². The molecule has 0 bridgehead atoms. The summed E-state index contributed by atoms with van der Waals surface area (Å²) in [6.45, 7) is 3.37. The van der Waals surface area contributed by atoms with Gasteiger partial charge in [0.05, 0.1) is 0 Å². The van der Waals surface area contributed by atoms with Gasteiger partial charge in [-0.2, -0.15) is 0 Å². The molecule has 3 nitrogen and oxygen atoms in total. The molecule has 1 fully saturated rings. The Morgan fingerprint density at radius 2 is 2.25 bits per heavy atom. The van der Waals surface area contributed by atoms with Gasteiger partial charge in [0.15, 0.2) is 0 Å². The average molecular weight is 221 g/mol. The van der Waals surface area contributed by atoms with Crippen LogP contribution in [0.15, 0.2) is 12.4 Å². The Balaban J connectivity index is 1.69. The summed E-state index contributed by atoms with van der Waals surface area (Å²) in [4.78, 5) is 4.33. The zero-order valence-electron chi connectivity index (χ0n) is 10.4. The van der Waals surface area contributed by atoms with Gasteiger partial charge in [0.25, 0.3) is 0 Å². The third-order valence-corrected chi connectivity index (χ3v) is 3.84. The lowest BCUT2D eigenvalue weighted by Crippen LogP contribution is -2.34. The summed E-state index contributed by atoms with van der Waals surface area (Å²) >= 11 is 0. The lowest BCUT2D eigenvalue weighted by molar-refractivity contribution is 0.382. The van der Waals surface area contributed by atoms with Crippen molar-refractivity contribution in [3.05, 3.63) is 18.2 Å². The zero-order valence-corrected chi connectivity index (χ0v) is 10.4. The lowest BCUT2D eigenvalue weighted by atomic mass is 10.00. The topological polar surface area (TPSA) is 29.9 Å². The smallest absolute Gasteiger partial charge is 0.109 e. The number of nitrogens with zero attached hydrogens (tertiary/aromatic N) is 2. The van der Waals surface area contributed by atoms with Crippen LogP contribution < -0.4 is 5.32 Å². The maximum atomic E-state index is 4.33. The highest BCUT2D eigenvalue weighted by atomic mass is 15.0. The number of aryl methyl sites for hydroxylation is 1. The second-order valence-electron chi connectivity index (χ2n) is 4.99. The molecule has 1 aromatic heterocycles. The number of aromatic nitrogens is 2.